The Balaban J connectivity index is 1.94. The van der Waals surface area contributed by atoms with E-state index >= 15 is 0 Å². The molecule has 0 bridgehead atoms. The van der Waals surface area contributed by atoms with Crippen LogP contribution >= 0.6 is 0 Å². The molecule has 2 aromatic heterocycles. The Labute approximate surface area is 86.1 Å². The van der Waals surface area contributed by atoms with Gasteiger partial charge in [-0.2, -0.15) is 0 Å². The summed E-state index contributed by atoms with van der Waals surface area (Å²) in [7, 11) is 0. The number of carbonyl (C=O) groups excluding carboxylic acids is 1. The maximum atomic E-state index is 11.5. The van der Waals surface area contributed by atoms with Crippen LogP contribution in [-0.4, -0.2) is 16.0 Å². The quantitative estimate of drug-likeness (QED) is 0.808. The van der Waals surface area contributed by atoms with Crippen molar-refractivity contribution < 1.29 is 9.32 Å². The second kappa shape index (κ2) is 4.36. The minimum atomic E-state index is -0.230. The van der Waals surface area contributed by atoms with Crippen LogP contribution in [0.15, 0.2) is 41.2 Å². The third-order valence-electron chi connectivity index (χ3n) is 1.81. The third kappa shape index (κ3) is 2.40. The Morgan fingerprint density at radius 1 is 1.33 bits per heavy atom. The van der Waals surface area contributed by atoms with E-state index in [1.165, 1.54) is 6.20 Å². The molecule has 0 aliphatic carbocycles. The molecule has 2 heterocycles. The first-order chi connectivity index (χ1) is 7.36. The predicted octanol–water partition coefficient (Wildman–Crippen LogP) is 1.000. The lowest BCUT2D eigenvalue weighted by Gasteiger charge is -2.00. The molecule has 2 aromatic rings. The second-order valence-electron chi connectivity index (χ2n) is 2.88. The van der Waals surface area contributed by atoms with Crippen molar-refractivity contribution in [2.75, 3.05) is 0 Å². The Bertz CT molecular complexity index is 425. The van der Waals surface area contributed by atoms with E-state index in [1.807, 2.05) is 0 Å². The van der Waals surface area contributed by atoms with Crippen molar-refractivity contribution in [2.24, 2.45) is 0 Å². The Hall–Kier alpha value is -2.17. The normalized spacial score (nSPS) is 9.87. The van der Waals surface area contributed by atoms with Crippen molar-refractivity contribution in [3.05, 3.63) is 48.1 Å². The van der Waals surface area contributed by atoms with Gasteiger partial charge >= 0.3 is 0 Å². The Kier molecular flexibility index (Phi) is 2.73. The van der Waals surface area contributed by atoms with Gasteiger partial charge in [0.25, 0.3) is 5.91 Å². The molecular weight excluding hydrogens is 194 g/mol. The van der Waals surface area contributed by atoms with Crippen LogP contribution in [0.2, 0.25) is 0 Å². The molecule has 1 amide bonds. The lowest BCUT2D eigenvalue weighted by molar-refractivity contribution is 0.0942. The molecule has 0 saturated carbocycles. The first kappa shape index (κ1) is 9.39. The Morgan fingerprint density at radius 3 is 2.93 bits per heavy atom. The standard InChI is InChI=1S/C10H9N3O2/c14-10(9-3-1-2-5-11-9)12-7-8-4-6-13-15-8/h1-6H,7H2,(H,12,14). The number of nitrogens with zero attached hydrogens (tertiary/aromatic N) is 2. The van der Waals surface area contributed by atoms with Crippen molar-refractivity contribution in [1.82, 2.24) is 15.5 Å². The fraction of sp³-hybridized carbons (Fsp3) is 0.100. The molecule has 5 heteroatoms. The molecule has 0 fully saturated rings. The van der Waals surface area contributed by atoms with E-state index in [-0.39, 0.29) is 5.91 Å². The van der Waals surface area contributed by atoms with Crippen LogP contribution in [0, 0.1) is 0 Å². The molecule has 0 aliphatic heterocycles. The highest BCUT2D eigenvalue weighted by molar-refractivity contribution is 5.92. The summed E-state index contributed by atoms with van der Waals surface area (Å²) >= 11 is 0. The summed E-state index contributed by atoms with van der Waals surface area (Å²) in [6, 6.07) is 6.86. The van der Waals surface area contributed by atoms with Crippen LogP contribution in [0.25, 0.3) is 0 Å². The minimum Gasteiger partial charge on any atom is -0.360 e. The van der Waals surface area contributed by atoms with Gasteiger partial charge in [-0.1, -0.05) is 11.2 Å². The molecule has 0 aromatic carbocycles. The Morgan fingerprint density at radius 2 is 2.27 bits per heavy atom. The number of rotatable bonds is 3. The van der Waals surface area contributed by atoms with Crippen LogP contribution < -0.4 is 5.32 Å². The number of amides is 1. The average molecular weight is 203 g/mol. The number of hydrogen-bond acceptors (Lipinski definition) is 4. The molecule has 15 heavy (non-hydrogen) atoms. The van der Waals surface area contributed by atoms with E-state index in [4.69, 9.17) is 4.52 Å². The SMILES string of the molecule is O=C(NCc1ccno1)c1ccccn1. The largest absolute Gasteiger partial charge is 0.360 e. The summed E-state index contributed by atoms with van der Waals surface area (Å²) < 4.78 is 4.83. The molecule has 0 atom stereocenters. The number of pyridine rings is 1. The fourth-order valence-electron chi connectivity index (χ4n) is 1.09. The summed E-state index contributed by atoms with van der Waals surface area (Å²) in [4.78, 5) is 15.4. The van der Waals surface area contributed by atoms with E-state index in [2.05, 4.69) is 15.5 Å². The maximum absolute atomic E-state index is 11.5. The molecule has 76 valence electrons. The van der Waals surface area contributed by atoms with Gasteiger partial charge in [-0.15, -0.1) is 0 Å². The van der Waals surface area contributed by atoms with Gasteiger partial charge < -0.3 is 9.84 Å². The van der Waals surface area contributed by atoms with E-state index in [0.29, 0.717) is 18.0 Å². The van der Waals surface area contributed by atoms with Gasteiger partial charge in [0.15, 0.2) is 5.76 Å². The van der Waals surface area contributed by atoms with Crippen LogP contribution in [0.5, 0.6) is 0 Å². The van der Waals surface area contributed by atoms with Crippen LogP contribution in [0.4, 0.5) is 0 Å². The van der Waals surface area contributed by atoms with Gasteiger partial charge in [-0.25, -0.2) is 0 Å². The molecule has 5 nitrogen and oxygen atoms in total. The van der Waals surface area contributed by atoms with Crippen LogP contribution in [0.3, 0.4) is 0 Å². The van der Waals surface area contributed by atoms with Gasteiger partial charge in [0, 0.05) is 12.3 Å². The summed E-state index contributed by atoms with van der Waals surface area (Å²) in [5.41, 5.74) is 0.386. The summed E-state index contributed by atoms with van der Waals surface area (Å²) in [6.45, 7) is 0.315. The van der Waals surface area contributed by atoms with E-state index in [0.717, 1.165) is 0 Å². The highest BCUT2D eigenvalue weighted by Gasteiger charge is 2.06. The highest BCUT2D eigenvalue weighted by Crippen LogP contribution is 1.97. The van der Waals surface area contributed by atoms with Crippen molar-refractivity contribution in [1.29, 1.82) is 0 Å². The maximum Gasteiger partial charge on any atom is 0.270 e. The molecule has 1 N–H and O–H groups in total. The summed E-state index contributed by atoms with van der Waals surface area (Å²) in [5, 5.41) is 6.20. The van der Waals surface area contributed by atoms with Crippen molar-refractivity contribution in [3.8, 4) is 0 Å². The zero-order chi connectivity index (χ0) is 10.5. The first-order valence-corrected chi connectivity index (χ1v) is 4.45. The lowest BCUT2D eigenvalue weighted by atomic mass is 10.3. The molecule has 0 saturated heterocycles. The highest BCUT2D eigenvalue weighted by atomic mass is 16.5. The third-order valence-corrected chi connectivity index (χ3v) is 1.81. The second-order valence-corrected chi connectivity index (χ2v) is 2.88. The average Bonchev–Trinajstić information content (AvgIpc) is 2.80. The van der Waals surface area contributed by atoms with Gasteiger partial charge in [0.2, 0.25) is 0 Å². The van der Waals surface area contributed by atoms with Gasteiger partial charge in [-0.3, -0.25) is 9.78 Å². The fourth-order valence-corrected chi connectivity index (χ4v) is 1.09. The number of hydrogen-bond donors (Lipinski definition) is 1. The van der Waals surface area contributed by atoms with Gasteiger partial charge in [0.1, 0.15) is 5.69 Å². The van der Waals surface area contributed by atoms with Crippen molar-refractivity contribution in [2.45, 2.75) is 6.54 Å². The molecule has 0 aliphatic rings. The lowest BCUT2D eigenvalue weighted by Crippen LogP contribution is -2.23. The molecule has 0 unspecified atom stereocenters. The monoisotopic (exact) mass is 203 g/mol. The number of nitrogens with one attached hydrogen (secondary N) is 1. The first-order valence-electron chi connectivity index (χ1n) is 4.45. The van der Waals surface area contributed by atoms with E-state index in [1.54, 1.807) is 30.5 Å². The summed E-state index contributed by atoms with van der Waals surface area (Å²) in [6.07, 6.45) is 3.10. The molecule has 0 radical (unpaired) electrons. The minimum absolute atomic E-state index is 0.230. The molecule has 0 spiro atoms. The molecular formula is C10H9N3O2. The van der Waals surface area contributed by atoms with Crippen molar-refractivity contribution >= 4 is 5.91 Å². The molecule has 2 rings (SSSR count). The van der Waals surface area contributed by atoms with Gasteiger partial charge in [-0.05, 0) is 12.1 Å². The number of aromatic nitrogens is 2. The zero-order valence-corrected chi connectivity index (χ0v) is 7.88. The summed E-state index contributed by atoms with van der Waals surface area (Å²) in [5.74, 6) is 0.381. The smallest absolute Gasteiger partial charge is 0.270 e. The van der Waals surface area contributed by atoms with Crippen molar-refractivity contribution in [3.63, 3.8) is 0 Å². The predicted molar refractivity (Wildman–Crippen MR) is 51.9 cm³/mol. The zero-order valence-electron chi connectivity index (χ0n) is 7.88. The van der Waals surface area contributed by atoms with Crippen LogP contribution in [-0.2, 0) is 6.54 Å². The van der Waals surface area contributed by atoms with Crippen LogP contribution in [0.1, 0.15) is 16.2 Å². The topological polar surface area (TPSA) is 68.0 Å². The number of carbonyl (C=O) groups is 1. The van der Waals surface area contributed by atoms with E-state index in [9.17, 15) is 4.79 Å². The van der Waals surface area contributed by atoms with Gasteiger partial charge in [0.05, 0.1) is 12.7 Å². The van der Waals surface area contributed by atoms with E-state index < -0.39 is 0 Å².